The molecule has 0 aliphatic carbocycles. The van der Waals surface area contributed by atoms with Crippen LogP contribution in [0.4, 0.5) is 0 Å². The summed E-state index contributed by atoms with van der Waals surface area (Å²) in [5.74, 6) is -2.43. The van der Waals surface area contributed by atoms with E-state index in [9.17, 15) is 23.8 Å². The SMILES string of the molecule is CCCCC/C=C/C/C=C/C/C=C/C/C=C/CCCCCC(=O)OC[C@@H](COP(=O)(O)OC[C@@H](N)C(=O)O)OC(=O)CCCCCCC/C=C/CCCCCCC. The van der Waals surface area contributed by atoms with Gasteiger partial charge in [-0.25, -0.2) is 4.57 Å². The third-order valence-electron chi connectivity index (χ3n) is 8.99. The smallest absolute Gasteiger partial charge is 0.472 e. The molecule has 0 aromatic heterocycles. The molecule has 0 heterocycles. The Hall–Kier alpha value is -2.82. The first kappa shape index (κ1) is 54.2. The quantitative estimate of drug-likeness (QED) is 0.0232. The lowest BCUT2D eigenvalue weighted by molar-refractivity contribution is -0.161. The molecule has 11 nitrogen and oxygen atoms in total. The highest BCUT2D eigenvalue weighted by Crippen LogP contribution is 2.43. The maximum absolute atomic E-state index is 12.6. The van der Waals surface area contributed by atoms with E-state index in [4.69, 9.17) is 24.8 Å². The third-order valence-corrected chi connectivity index (χ3v) is 9.94. The van der Waals surface area contributed by atoms with E-state index in [2.05, 4.69) is 79.1 Å². The molecule has 0 saturated carbocycles. The van der Waals surface area contributed by atoms with Crippen molar-refractivity contribution in [2.75, 3.05) is 19.8 Å². The Labute approximate surface area is 345 Å². The Balaban J connectivity index is 4.44. The van der Waals surface area contributed by atoms with Crippen LogP contribution in [-0.4, -0.2) is 59.9 Å². The van der Waals surface area contributed by atoms with Crippen LogP contribution in [0.1, 0.15) is 174 Å². The van der Waals surface area contributed by atoms with Crippen molar-refractivity contribution in [3.8, 4) is 0 Å². The molecule has 0 amide bonds. The zero-order chi connectivity index (χ0) is 42.1. The van der Waals surface area contributed by atoms with Crippen LogP contribution in [-0.2, 0) is 37.5 Å². The zero-order valence-electron chi connectivity index (χ0n) is 35.4. The summed E-state index contributed by atoms with van der Waals surface area (Å²) < 4.78 is 32.6. The number of aliphatic carboxylic acids is 1. The molecule has 0 rings (SSSR count). The lowest BCUT2D eigenvalue weighted by Gasteiger charge is -2.20. The highest BCUT2D eigenvalue weighted by Gasteiger charge is 2.28. The van der Waals surface area contributed by atoms with Gasteiger partial charge in [-0.05, 0) is 83.5 Å². The first-order valence-corrected chi connectivity index (χ1v) is 23.3. The van der Waals surface area contributed by atoms with Gasteiger partial charge in [0, 0.05) is 12.8 Å². The highest BCUT2D eigenvalue weighted by molar-refractivity contribution is 7.47. The predicted molar refractivity (Wildman–Crippen MR) is 231 cm³/mol. The normalized spacial score (nSPS) is 14.3. The van der Waals surface area contributed by atoms with Crippen LogP contribution in [0.3, 0.4) is 0 Å². The van der Waals surface area contributed by atoms with E-state index in [1.54, 1.807) is 0 Å². The molecule has 0 aromatic rings. The van der Waals surface area contributed by atoms with E-state index < -0.39 is 51.1 Å². The van der Waals surface area contributed by atoms with Crippen LogP contribution in [0.5, 0.6) is 0 Å². The molecule has 12 heteroatoms. The number of carbonyl (C=O) groups is 3. The molecule has 0 fully saturated rings. The fourth-order valence-electron chi connectivity index (χ4n) is 5.51. The maximum Gasteiger partial charge on any atom is 0.472 e. The van der Waals surface area contributed by atoms with E-state index in [1.165, 1.54) is 57.8 Å². The minimum Gasteiger partial charge on any atom is -0.480 e. The predicted octanol–water partition coefficient (Wildman–Crippen LogP) is 11.6. The Bertz CT molecular complexity index is 1200. The van der Waals surface area contributed by atoms with Gasteiger partial charge in [-0.1, -0.05) is 139 Å². The summed E-state index contributed by atoms with van der Waals surface area (Å²) in [7, 11) is -4.73. The number of esters is 2. The van der Waals surface area contributed by atoms with Crippen molar-refractivity contribution in [1.29, 1.82) is 0 Å². The van der Waals surface area contributed by atoms with Gasteiger partial charge in [0.05, 0.1) is 13.2 Å². The number of phosphoric acid groups is 1. The average Bonchev–Trinajstić information content (AvgIpc) is 3.19. The topological polar surface area (TPSA) is 172 Å². The van der Waals surface area contributed by atoms with Gasteiger partial charge in [0.1, 0.15) is 12.6 Å². The second-order valence-corrected chi connectivity index (χ2v) is 15.9. The number of phosphoric ester groups is 1. The number of carboxylic acid groups (broad SMARTS) is 1. The number of hydrogen-bond donors (Lipinski definition) is 3. The molecule has 328 valence electrons. The van der Waals surface area contributed by atoms with Crippen LogP contribution in [0.25, 0.3) is 0 Å². The third kappa shape index (κ3) is 39.8. The Morgan fingerprint density at radius 1 is 0.544 bits per heavy atom. The van der Waals surface area contributed by atoms with Crippen molar-refractivity contribution in [2.45, 2.75) is 187 Å². The number of rotatable bonds is 40. The first-order chi connectivity index (χ1) is 27.6. The number of carbonyl (C=O) groups excluding carboxylic acids is 2. The number of unbranched alkanes of at least 4 members (excludes halogenated alkanes) is 16. The second-order valence-electron chi connectivity index (χ2n) is 14.5. The summed E-state index contributed by atoms with van der Waals surface area (Å²) in [4.78, 5) is 45.9. The number of hydrogen-bond acceptors (Lipinski definition) is 9. The van der Waals surface area contributed by atoms with Gasteiger partial charge in [0.25, 0.3) is 0 Å². The minimum absolute atomic E-state index is 0.141. The lowest BCUT2D eigenvalue weighted by atomic mass is 10.1. The number of ether oxygens (including phenoxy) is 2. The molecule has 0 aliphatic rings. The van der Waals surface area contributed by atoms with Gasteiger partial charge < -0.3 is 25.2 Å². The maximum atomic E-state index is 12.6. The largest absolute Gasteiger partial charge is 0.480 e. The van der Waals surface area contributed by atoms with Crippen molar-refractivity contribution in [3.05, 3.63) is 60.8 Å². The molecule has 0 aromatic carbocycles. The van der Waals surface area contributed by atoms with E-state index in [0.717, 1.165) is 77.0 Å². The zero-order valence-corrected chi connectivity index (χ0v) is 36.3. The van der Waals surface area contributed by atoms with E-state index in [0.29, 0.717) is 12.8 Å². The van der Waals surface area contributed by atoms with Crippen LogP contribution in [0, 0.1) is 0 Å². The summed E-state index contributed by atoms with van der Waals surface area (Å²) in [6.45, 7) is 2.71. The van der Waals surface area contributed by atoms with Crippen LogP contribution in [0.15, 0.2) is 60.8 Å². The number of allylic oxidation sites excluding steroid dienone is 10. The molecule has 1 unspecified atom stereocenters. The van der Waals surface area contributed by atoms with Crippen molar-refractivity contribution in [2.24, 2.45) is 5.73 Å². The van der Waals surface area contributed by atoms with Gasteiger partial charge in [-0.15, -0.1) is 0 Å². The molecule has 0 bridgehead atoms. The first-order valence-electron chi connectivity index (χ1n) is 21.8. The molecular weight excluding hydrogens is 745 g/mol. The van der Waals surface area contributed by atoms with Gasteiger partial charge >= 0.3 is 25.7 Å². The molecule has 4 N–H and O–H groups in total. The van der Waals surface area contributed by atoms with Crippen molar-refractivity contribution >= 4 is 25.7 Å². The monoisotopic (exact) mass is 824 g/mol. The van der Waals surface area contributed by atoms with E-state index >= 15 is 0 Å². The Kier molecular flexibility index (Phi) is 38.0. The number of nitrogens with two attached hydrogens (primary N) is 1. The Morgan fingerprint density at radius 2 is 0.930 bits per heavy atom. The molecular formula is C45H78NO10P. The molecule has 0 radical (unpaired) electrons. The summed E-state index contributed by atoms with van der Waals surface area (Å²) in [6, 6.07) is -1.53. The minimum atomic E-state index is -4.73. The van der Waals surface area contributed by atoms with Crippen molar-refractivity contribution in [1.82, 2.24) is 0 Å². The standard InChI is InChI=1S/C45H78NO10P/c1-3-5-7-9-11-13-15-17-19-20-21-22-23-25-26-28-30-32-34-36-43(47)53-38-41(39-54-57(51,52)55-40-42(46)45(49)50)56-44(48)37-35-33-31-29-27-24-18-16-14-12-10-8-6-4-2/h11,13,16-19,21-22,25-26,41-42H,3-10,12,14-15,20,23-24,27-40,46H2,1-2H3,(H,49,50)(H,51,52)/b13-11+,18-16+,19-17+,22-21+,26-25+/t41-,42+/m0/s1. The molecule has 0 spiro atoms. The molecule has 57 heavy (non-hydrogen) atoms. The van der Waals surface area contributed by atoms with Crippen molar-refractivity contribution in [3.63, 3.8) is 0 Å². The summed E-state index contributed by atoms with van der Waals surface area (Å²) in [5.41, 5.74) is 5.33. The van der Waals surface area contributed by atoms with E-state index in [1.807, 2.05) is 0 Å². The van der Waals surface area contributed by atoms with Crippen LogP contribution in [0.2, 0.25) is 0 Å². The van der Waals surface area contributed by atoms with E-state index in [-0.39, 0.29) is 19.4 Å². The highest BCUT2D eigenvalue weighted by atomic mass is 31.2. The second kappa shape index (κ2) is 40.0. The fraction of sp³-hybridized carbons (Fsp3) is 0.711. The summed E-state index contributed by atoms with van der Waals surface area (Å²) in [5, 5.41) is 8.88. The van der Waals surface area contributed by atoms with Gasteiger partial charge in [0.2, 0.25) is 0 Å². The van der Waals surface area contributed by atoms with Gasteiger partial charge in [-0.3, -0.25) is 23.4 Å². The van der Waals surface area contributed by atoms with Gasteiger partial charge in [0.15, 0.2) is 6.10 Å². The number of carboxylic acids is 1. The average molecular weight is 824 g/mol. The van der Waals surface area contributed by atoms with Crippen LogP contribution < -0.4 is 5.73 Å². The van der Waals surface area contributed by atoms with Crippen molar-refractivity contribution < 1.29 is 47.5 Å². The molecule has 0 saturated heterocycles. The Morgan fingerprint density at radius 3 is 1.46 bits per heavy atom. The lowest BCUT2D eigenvalue weighted by Crippen LogP contribution is -2.34. The summed E-state index contributed by atoms with van der Waals surface area (Å²) in [6.07, 6.45) is 45.7. The van der Waals surface area contributed by atoms with Crippen LogP contribution >= 0.6 is 7.82 Å². The molecule has 0 aliphatic heterocycles. The van der Waals surface area contributed by atoms with Gasteiger partial charge in [-0.2, -0.15) is 0 Å². The molecule has 3 atom stereocenters. The fourth-order valence-corrected chi connectivity index (χ4v) is 6.29. The summed E-state index contributed by atoms with van der Waals surface area (Å²) >= 11 is 0.